The summed E-state index contributed by atoms with van der Waals surface area (Å²) in [5.41, 5.74) is 2.46. The quantitative estimate of drug-likeness (QED) is 0.726. The Morgan fingerprint density at radius 2 is 2.04 bits per heavy atom. The van der Waals surface area contributed by atoms with Gasteiger partial charge in [0, 0.05) is 17.7 Å². The number of aromatic nitrogens is 5. The van der Waals surface area contributed by atoms with Crippen molar-refractivity contribution in [3.05, 3.63) is 47.1 Å². The predicted octanol–water partition coefficient (Wildman–Crippen LogP) is 1.44. The van der Waals surface area contributed by atoms with Crippen LogP contribution in [0.1, 0.15) is 17.0 Å². The summed E-state index contributed by atoms with van der Waals surface area (Å²) in [5, 5.41) is 18.5. The molecule has 25 heavy (non-hydrogen) atoms. The molecular formula is C16H17FN6O2. The summed E-state index contributed by atoms with van der Waals surface area (Å²) < 4.78 is 18.0. The van der Waals surface area contributed by atoms with Gasteiger partial charge in [0.2, 0.25) is 11.7 Å². The Balaban J connectivity index is 1.52. The van der Waals surface area contributed by atoms with E-state index in [9.17, 15) is 9.18 Å². The molecule has 130 valence electrons. The molecule has 0 aliphatic heterocycles. The zero-order valence-corrected chi connectivity index (χ0v) is 13.9. The van der Waals surface area contributed by atoms with Crippen molar-refractivity contribution in [3.8, 4) is 11.4 Å². The highest BCUT2D eigenvalue weighted by atomic mass is 19.1. The van der Waals surface area contributed by atoms with Crippen molar-refractivity contribution in [2.45, 2.75) is 26.8 Å². The number of amides is 1. The molecule has 1 N–H and O–H groups in total. The number of halogens is 1. The lowest BCUT2D eigenvalue weighted by molar-refractivity contribution is -0.122. The topological polar surface area (TPSA) is 98.7 Å². The van der Waals surface area contributed by atoms with Gasteiger partial charge in [-0.3, -0.25) is 4.79 Å². The summed E-state index contributed by atoms with van der Waals surface area (Å²) in [5.74, 6) is 0.529. The minimum Gasteiger partial charge on any atom is -0.361 e. The van der Waals surface area contributed by atoms with Gasteiger partial charge in [-0.2, -0.15) is 4.80 Å². The lowest BCUT2D eigenvalue weighted by Gasteiger charge is -2.04. The number of nitrogens with one attached hydrogen (secondary N) is 1. The van der Waals surface area contributed by atoms with Crippen LogP contribution in [-0.2, 0) is 17.8 Å². The highest BCUT2D eigenvalue weighted by molar-refractivity contribution is 5.75. The second-order valence-electron chi connectivity index (χ2n) is 5.55. The van der Waals surface area contributed by atoms with E-state index < -0.39 is 0 Å². The third kappa shape index (κ3) is 4.06. The molecule has 3 rings (SSSR count). The Morgan fingerprint density at radius 1 is 1.28 bits per heavy atom. The van der Waals surface area contributed by atoms with Gasteiger partial charge in [-0.25, -0.2) is 4.39 Å². The monoisotopic (exact) mass is 344 g/mol. The molecular weight excluding hydrogens is 327 g/mol. The maximum atomic E-state index is 12.9. The van der Waals surface area contributed by atoms with E-state index in [1.54, 1.807) is 12.1 Å². The van der Waals surface area contributed by atoms with Gasteiger partial charge < -0.3 is 9.84 Å². The molecule has 0 atom stereocenters. The van der Waals surface area contributed by atoms with Gasteiger partial charge in [-0.15, -0.1) is 10.2 Å². The minimum absolute atomic E-state index is 0.0458. The Kier molecular flexibility index (Phi) is 4.82. The van der Waals surface area contributed by atoms with Crippen LogP contribution >= 0.6 is 0 Å². The second kappa shape index (κ2) is 7.20. The first-order valence-electron chi connectivity index (χ1n) is 7.75. The summed E-state index contributed by atoms with van der Waals surface area (Å²) in [6, 6.07) is 5.75. The highest BCUT2D eigenvalue weighted by Crippen LogP contribution is 2.14. The van der Waals surface area contributed by atoms with Crippen LogP contribution in [0.15, 0.2) is 28.8 Å². The van der Waals surface area contributed by atoms with Gasteiger partial charge >= 0.3 is 0 Å². The number of rotatable bonds is 6. The molecule has 1 aromatic carbocycles. The van der Waals surface area contributed by atoms with E-state index in [1.807, 2.05) is 13.8 Å². The van der Waals surface area contributed by atoms with E-state index in [0.29, 0.717) is 24.4 Å². The normalized spacial score (nSPS) is 10.8. The van der Waals surface area contributed by atoms with E-state index in [4.69, 9.17) is 4.52 Å². The lowest BCUT2D eigenvalue weighted by atomic mass is 10.1. The average Bonchev–Trinajstić information content (AvgIpc) is 3.17. The van der Waals surface area contributed by atoms with Gasteiger partial charge in [0.1, 0.15) is 18.1 Å². The van der Waals surface area contributed by atoms with Crippen LogP contribution in [0.4, 0.5) is 4.39 Å². The zero-order chi connectivity index (χ0) is 17.8. The molecule has 0 radical (unpaired) electrons. The summed E-state index contributed by atoms with van der Waals surface area (Å²) in [6.07, 6.45) is 0.637. The molecule has 0 bridgehead atoms. The summed E-state index contributed by atoms with van der Waals surface area (Å²) in [7, 11) is 0. The largest absolute Gasteiger partial charge is 0.361 e. The molecule has 0 fully saturated rings. The maximum absolute atomic E-state index is 12.9. The third-order valence-corrected chi connectivity index (χ3v) is 3.72. The number of benzene rings is 1. The Morgan fingerprint density at radius 3 is 2.72 bits per heavy atom. The van der Waals surface area contributed by atoms with Gasteiger partial charge in [-0.05, 0) is 49.7 Å². The number of hydrogen-bond acceptors (Lipinski definition) is 6. The summed E-state index contributed by atoms with van der Waals surface area (Å²) in [4.78, 5) is 13.2. The molecule has 2 heterocycles. The van der Waals surface area contributed by atoms with E-state index >= 15 is 0 Å². The first kappa shape index (κ1) is 16.7. The molecule has 0 unspecified atom stereocenters. The van der Waals surface area contributed by atoms with E-state index in [2.05, 4.69) is 25.9 Å². The van der Waals surface area contributed by atoms with Crippen LogP contribution in [0.25, 0.3) is 11.4 Å². The predicted molar refractivity (Wildman–Crippen MR) is 85.9 cm³/mol. The Bertz CT molecular complexity index is 852. The number of hydrogen-bond donors (Lipinski definition) is 1. The third-order valence-electron chi connectivity index (χ3n) is 3.72. The van der Waals surface area contributed by atoms with Crippen molar-refractivity contribution in [1.29, 1.82) is 0 Å². The number of aryl methyl sites for hydroxylation is 2. The minimum atomic E-state index is -0.339. The smallest absolute Gasteiger partial charge is 0.243 e. The first-order chi connectivity index (χ1) is 12.0. The number of carbonyl (C=O) groups excluding carboxylic acids is 1. The maximum Gasteiger partial charge on any atom is 0.243 e. The van der Waals surface area contributed by atoms with E-state index in [1.165, 1.54) is 16.9 Å². The Labute approximate surface area is 143 Å². The molecule has 0 aliphatic rings. The second-order valence-corrected chi connectivity index (χ2v) is 5.55. The highest BCUT2D eigenvalue weighted by Gasteiger charge is 2.11. The van der Waals surface area contributed by atoms with Crippen LogP contribution in [0.3, 0.4) is 0 Å². The van der Waals surface area contributed by atoms with Crippen molar-refractivity contribution >= 4 is 5.91 Å². The van der Waals surface area contributed by atoms with Crippen molar-refractivity contribution < 1.29 is 13.7 Å². The number of carbonyl (C=O) groups is 1. The SMILES string of the molecule is Cc1noc(C)c1CCNC(=O)Cn1nnc(-c2ccc(F)cc2)n1. The van der Waals surface area contributed by atoms with E-state index in [0.717, 1.165) is 17.0 Å². The molecule has 8 nitrogen and oxygen atoms in total. The fourth-order valence-corrected chi connectivity index (χ4v) is 2.39. The lowest BCUT2D eigenvalue weighted by Crippen LogP contribution is -2.30. The van der Waals surface area contributed by atoms with Crippen LogP contribution in [0.2, 0.25) is 0 Å². The first-order valence-corrected chi connectivity index (χ1v) is 7.75. The summed E-state index contributed by atoms with van der Waals surface area (Å²) >= 11 is 0. The molecule has 0 spiro atoms. The van der Waals surface area contributed by atoms with Crippen molar-refractivity contribution in [2.24, 2.45) is 0 Å². The fourth-order valence-electron chi connectivity index (χ4n) is 2.39. The van der Waals surface area contributed by atoms with Gasteiger partial charge in [0.25, 0.3) is 0 Å². The molecule has 9 heteroatoms. The molecule has 3 aromatic rings. The molecule has 0 saturated carbocycles. The molecule has 0 saturated heterocycles. The fraction of sp³-hybridized carbons (Fsp3) is 0.312. The number of tetrazole rings is 1. The van der Waals surface area contributed by atoms with Crippen LogP contribution < -0.4 is 5.32 Å². The van der Waals surface area contributed by atoms with Crippen LogP contribution in [-0.4, -0.2) is 37.8 Å². The Hall–Kier alpha value is -3.10. The van der Waals surface area contributed by atoms with E-state index in [-0.39, 0.29) is 18.3 Å². The van der Waals surface area contributed by atoms with Gasteiger partial charge in [0.15, 0.2) is 0 Å². The van der Waals surface area contributed by atoms with Gasteiger partial charge in [-0.1, -0.05) is 5.16 Å². The van der Waals surface area contributed by atoms with Crippen molar-refractivity contribution in [1.82, 2.24) is 30.7 Å². The van der Waals surface area contributed by atoms with Crippen molar-refractivity contribution in [3.63, 3.8) is 0 Å². The average molecular weight is 344 g/mol. The van der Waals surface area contributed by atoms with Crippen LogP contribution in [0, 0.1) is 19.7 Å². The van der Waals surface area contributed by atoms with Gasteiger partial charge in [0.05, 0.1) is 5.69 Å². The molecule has 1 amide bonds. The zero-order valence-electron chi connectivity index (χ0n) is 13.9. The standard InChI is InChI=1S/C16H17FN6O2/c1-10-14(11(2)25-21-10)7-8-18-15(24)9-23-20-16(19-22-23)12-3-5-13(17)6-4-12/h3-6H,7-9H2,1-2H3,(H,18,24). The summed E-state index contributed by atoms with van der Waals surface area (Å²) in [6.45, 7) is 4.12. The van der Waals surface area contributed by atoms with Crippen LogP contribution in [0.5, 0.6) is 0 Å². The number of nitrogens with zero attached hydrogens (tertiary/aromatic N) is 5. The molecule has 0 aliphatic carbocycles. The molecule has 2 aromatic heterocycles. The van der Waals surface area contributed by atoms with Crippen molar-refractivity contribution in [2.75, 3.05) is 6.54 Å².